The minimum atomic E-state index is -0.446. The largest absolute Gasteiger partial charge is 0.325 e. The molecule has 1 amide bonds. The van der Waals surface area contributed by atoms with Crippen molar-refractivity contribution >= 4 is 35.0 Å². The number of rotatable bonds is 4. The van der Waals surface area contributed by atoms with Crippen molar-refractivity contribution < 1.29 is 4.79 Å². The molecule has 0 fully saturated rings. The van der Waals surface area contributed by atoms with Crippen molar-refractivity contribution in [1.29, 1.82) is 0 Å². The summed E-state index contributed by atoms with van der Waals surface area (Å²) < 4.78 is 1.86. The quantitative estimate of drug-likeness (QED) is 0.460. The number of halogens is 1. The molecule has 3 aromatic carbocycles. The third-order valence-electron chi connectivity index (χ3n) is 5.00. The molecule has 31 heavy (non-hydrogen) atoms. The van der Waals surface area contributed by atoms with Crippen molar-refractivity contribution in [2.45, 2.75) is 16.4 Å². The van der Waals surface area contributed by atoms with Gasteiger partial charge in [-0.25, -0.2) is 4.68 Å². The van der Waals surface area contributed by atoms with Crippen LogP contribution in [0.5, 0.6) is 0 Å². The van der Waals surface area contributed by atoms with Crippen LogP contribution in [0.3, 0.4) is 0 Å². The molecule has 0 radical (unpaired) electrons. The van der Waals surface area contributed by atoms with Crippen LogP contribution in [0.2, 0.25) is 5.02 Å². The van der Waals surface area contributed by atoms with Crippen LogP contribution in [0.15, 0.2) is 90.1 Å². The third-order valence-corrected chi connectivity index (χ3v) is 6.46. The second-order valence-electron chi connectivity index (χ2n) is 7.06. The molecule has 6 nitrogen and oxygen atoms in total. The average Bonchev–Trinajstić information content (AvgIpc) is 3.24. The summed E-state index contributed by atoms with van der Waals surface area (Å²) in [5.41, 5.74) is 6.12. The summed E-state index contributed by atoms with van der Waals surface area (Å²) in [5, 5.41) is 12.5. The Hall–Kier alpha value is -3.29. The van der Waals surface area contributed by atoms with E-state index in [1.165, 1.54) is 11.8 Å². The zero-order valence-corrected chi connectivity index (χ0v) is 17.8. The fourth-order valence-corrected chi connectivity index (χ4v) is 4.69. The standard InChI is InChI=1S/C23H18ClN5OS/c24-17-11-13-18(14-12-17)25-22(30)20-19(15-7-3-1-4-8-15)28-29-21(26-27-23(29)31-20)16-9-5-2-6-10-16/h1-14,19-20,28H,(H,25,30)/t19-,20+/m0/s1. The number of amides is 1. The SMILES string of the molecule is O=C(Nc1ccc(Cl)cc1)[C@@H]1Sc2nnc(-c3ccccc3)n2N[C@H]1c1ccccc1. The molecule has 1 aromatic heterocycles. The van der Waals surface area contributed by atoms with Gasteiger partial charge < -0.3 is 10.7 Å². The molecule has 1 aliphatic rings. The van der Waals surface area contributed by atoms with Crippen molar-refractivity contribution in [3.63, 3.8) is 0 Å². The highest BCUT2D eigenvalue weighted by Crippen LogP contribution is 2.39. The topological polar surface area (TPSA) is 71.8 Å². The van der Waals surface area contributed by atoms with Crippen LogP contribution in [0.1, 0.15) is 11.6 Å². The van der Waals surface area contributed by atoms with E-state index in [-0.39, 0.29) is 11.9 Å². The van der Waals surface area contributed by atoms with Gasteiger partial charge in [0.2, 0.25) is 11.1 Å². The lowest BCUT2D eigenvalue weighted by Crippen LogP contribution is -2.41. The molecule has 5 rings (SSSR count). The summed E-state index contributed by atoms with van der Waals surface area (Å²) in [6.07, 6.45) is 0. The minimum Gasteiger partial charge on any atom is -0.325 e. The van der Waals surface area contributed by atoms with Crippen LogP contribution in [0.25, 0.3) is 11.4 Å². The molecule has 0 aliphatic carbocycles. The molecule has 0 spiro atoms. The van der Waals surface area contributed by atoms with Crippen LogP contribution >= 0.6 is 23.4 Å². The molecule has 2 atom stereocenters. The second kappa shape index (κ2) is 8.45. The predicted octanol–water partition coefficient (Wildman–Crippen LogP) is 5.00. The molecule has 2 N–H and O–H groups in total. The Morgan fingerprint density at radius 3 is 2.32 bits per heavy atom. The van der Waals surface area contributed by atoms with E-state index < -0.39 is 5.25 Å². The molecular formula is C23H18ClN5OS. The van der Waals surface area contributed by atoms with Gasteiger partial charge in [0, 0.05) is 16.3 Å². The number of fused-ring (bicyclic) bond motifs is 1. The first kappa shape index (κ1) is 19.7. The average molecular weight is 448 g/mol. The fourth-order valence-electron chi connectivity index (χ4n) is 3.49. The summed E-state index contributed by atoms with van der Waals surface area (Å²) in [6, 6.07) is 26.6. The highest BCUT2D eigenvalue weighted by Gasteiger charge is 2.38. The van der Waals surface area contributed by atoms with E-state index in [2.05, 4.69) is 20.9 Å². The monoisotopic (exact) mass is 447 g/mol. The van der Waals surface area contributed by atoms with Gasteiger partial charge in [0.15, 0.2) is 5.82 Å². The van der Waals surface area contributed by atoms with Crippen LogP contribution in [-0.4, -0.2) is 26.0 Å². The molecule has 0 saturated carbocycles. The number of carbonyl (C=O) groups excluding carboxylic acids is 1. The Bertz CT molecular complexity index is 1200. The van der Waals surface area contributed by atoms with E-state index in [0.29, 0.717) is 21.7 Å². The summed E-state index contributed by atoms with van der Waals surface area (Å²) in [4.78, 5) is 13.3. The van der Waals surface area contributed by atoms with Gasteiger partial charge in [-0.2, -0.15) is 0 Å². The zero-order chi connectivity index (χ0) is 21.2. The molecule has 1 aliphatic heterocycles. The number of benzene rings is 3. The van der Waals surface area contributed by atoms with Crippen molar-refractivity contribution in [3.05, 3.63) is 95.5 Å². The first-order valence-corrected chi connectivity index (χ1v) is 11.0. The van der Waals surface area contributed by atoms with E-state index in [1.807, 2.05) is 65.3 Å². The van der Waals surface area contributed by atoms with Gasteiger partial charge in [-0.15, -0.1) is 10.2 Å². The van der Waals surface area contributed by atoms with Crippen LogP contribution in [0, 0.1) is 0 Å². The first-order chi connectivity index (χ1) is 15.2. The number of hydrogen-bond donors (Lipinski definition) is 2. The highest BCUT2D eigenvalue weighted by molar-refractivity contribution is 8.00. The van der Waals surface area contributed by atoms with Gasteiger partial charge in [-0.05, 0) is 29.8 Å². The number of hydrogen-bond acceptors (Lipinski definition) is 5. The molecule has 0 unspecified atom stereocenters. The van der Waals surface area contributed by atoms with Gasteiger partial charge in [-0.3, -0.25) is 4.79 Å². The zero-order valence-electron chi connectivity index (χ0n) is 16.3. The van der Waals surface area contributed by atoms with E-state index in [0.717, 1.165) is 11.1 Å². The first-order valence-electron chi connectivity index (χ1n) is 9.74. The lowest BCUT2D eigenvalue weighted by atomic mass is 10.0. The number of carbonyl (C=O) groups is 1. The maximum atomic E-state index is 13.3. The molecule has 154 valence electrons. The van der Waals surface area contributed by atoms with Crippen molar-refractivity contribution in [2.75, 3.05) is 10.7 Å². The molecule has 2 heterocycles. The van der Waals surface area contributed by atoms with Gasteiger partial charge in [0.1, 0.15) is 5.25 Å². The van der Waals surface area contributed by atoms with E-state index in [9.17, 15) is 4.79 Å². The van der Waals surface area contributed by atoms with Gasteiger partial charge in [-0.1, -0.05) is 84.0 Å². The summed E-state index contributed by atoms with van der Waals surface area (Å²) in [6.45, 7) is 0. The van der Waals surface area contributed by atoms with E-state index >= 15 is 0 Å². The summed E-state index contributed by atoms with van der Waals surface area (Å²) in [7, 11) is 0. The normalized spacial score (nSPS) is 17.5. The van der Waals surface area contributed by atoms with Crippen LogP contribution in [-0.2, 0) is 4.79 Å². The smallest absolute Gasteiger partial charge is 0.240 e. The Morgan fingerprint density at radius 2 is 1.61 bits per heavy atom. The van der Waals surface area contributed by atoms with Crippen molar-refractivity contribution in [2.24, 2.45) is 0 Å². The number of nitrogens with zero attached hydrogens (tertiary/aromatic N) is 3. The number of thioether (sulfide) groups is 1. The fraction of sp³-hybridized carbons (Fsp3) is 0.0870. The molecular weight excluding hydrogens is 430 g/mol. The van der Waals surface area contributed by atoms with Gasteiger partial charge >= 0.3 is 0 Å². The Morgan fingerprint density at radius 1 is 0.935 bits per heavy atom. The van der Waals surface area contributed by atoms with Gasteiger partial charge in [0.05, 0.1) is 6.04 Å². The molecule has 0 saturated heterocycles. The minimum absolute atomic E-state index is 0.121. The van der Waals surface area contributed by atoms with E-state index in [4.69, 9.17) is 11.6 Å². The lowest BCUT2D eigenvalue weighted by Gasteiger charge is -2.33. The third kappa shape index (κ3) is 4.02. The number of nitrogens with one attached hydrogen (secondary N) is 2. The van der Waals surface area contributed by atoms with Crippen LogP contribution in [0.4, 0.5) is 5.69 Å². The number of anilines is 1. The predicted molar refractivity (Wildman–Crippen MR) is 124 cm³/mol. The molecule has 4 aromatic rings. The Kier molecular flexibility index (Phi) is 5.36. The maximum Gasteiger partial charge on any atom is 0.240 e. The van der Waals surface area contributed by atoms with Crippen molar-refractivity contribution in [1.82, 2.24) is 14.9 Å². The van der Waals surface area contributed by atoms with Crippen molar-refractivity contribution in [3.8, 4) is 11.4 Å². The Balaban J connectivity index is 1.50. The van der Waals surface area contributed by atoms with E-state index in [1.54, 1.807) is 24.3 Å². The summed E-state index contributed by atoms with van der Waals surface area (Å²) in [5.74, 6) is 0.588. The molecule has 0 bridgehead atoms. The lowest BCUT2D eigenvalue weighted by molar-refractivity contribution is -0.116. The highest BCUT2D eigenvalue weighted by atomic mass is 35.5. The summed E-state index contributed by atoms with van der Waals surface area (Å²) >= 11 is 7.36. The maximum absolute atomic E-state index is 13.3. The second-order valence-corrected chi connectivity index (χ2v) is 8.60. The Labute approximate surface area is 188 Å². The van der Waals surface area contributed by atoms with Gasteiger partial charge in [0.25, 0.3) is 0 Å². The van der Waals surface area contributed by atoms with Crippen LogP contribution < -0.4 is 10.7 Å². The number of aromatic nitrogens is 3. The molecule has 8 heteroatoms.